The predicted octanol–water partition coefficient (Wildman–Crippen LogP) is 1.05. The topological polar surface area (TPSA) is 113 Å². The van der Waals surface area contributed by atoms with E-state index in [-0.39, 0.29) is 17.4 Å². The molecule has 0 spiro atoms. The summed E-state index contributed by atoms with van der Waals surface area (Å²) in [5.74, 6) is -1.50. The first-order valence-corrected chi connectivity index (χ1v) is 9.31. The van der Waals surface area contributed by atoms with Gasteiger partial charge in [-0.05, 0) is 35.5 Å². The minimum Gasteiger partial charge on any atom is -0.482 e. The maximum Gasteiger partial charge on any atom is 0.341 e. The van der Waals surface area contributed by atoms with Crippen molar-refractivity contribution >= 4 is 40.9 Å². The molecule has 3 rings (SSSR count). The van der Waals surface area contributed by atoms with Gasteiger partial charge in [-0.15, -0.1) is 0 Å². The molecule has 0 saturated carbocycles. The number of nitrogens with zero attached hydrogens (tertiary/aromatic N) is 2. The predicted molar refractivity (Wildman–Crippen MR) is 99.6 cm³/mol. The van der Waals surface area contributed by atoms with Crippen LogP contribution < -0.4 is 4.74 Å². The van der Waals surface area contributed by atoms with Crippen molar-refractivity contribution in [2.75, 3.05) is 39.5 Å². The molecule has 2 saturated heterocycles. The first kappa shape index (κ1) is 19.9. The van der Waals surface area contributed by atoms with E-state index in [1.165, 1.54) is 0 Å². The Morgan fingerprint density at radius 2 is 1.86 bits per heavy atom. The molecule has 1 aromatic carbocycles. The van der Waals surface area contributed by atoms with Crippen molar-refractivity contribution in [2.24, 2.45) is 0 Å². The van der Waals surface area contributed by atoms with E-state index < -0.39 is 23.7 Å². The highest BCUT2D eigenvalue weighted by Gasteiger charge is 2.37. The van der Waals surface area contributed by atoms with Crippen molar-refractivity contribution in [3.05, 3.63) is 34.7 Å². The molecule has 2 heterocycles. The number of imide groups is 1. The molecule has 0 aromatic heterocycles. The number of carbonyl (C=O) groups excluding carboxylic acids is 3. The first-order chi connectivity index (χ1) is 13.4. The first-order valence-electron chi connectivity index (χ1n) is 8.49. The number of carboxylic acids is 1. The summed E-state index contributed by atoms with van der Waals surface area (Å²) in [4.78, 5) is 50.2. The average molecular weight is 406 g/mol. The monoisotopic (exact) mass is 406 g/mol. The fourth-order valence-electron chi connectivity index (χ4n) is 2.64. The van der Waals surface area contributed by atoms with E-state index in [2.05, 4.69) is 0 Å². The van der Waals surface area contributed by atoms with E-state index in [0.717, 1.165) is 16.7 Å². The third-order valence-corrected chi connectivity index (χ3v) is 4.98. The second-order valence-electron chi connectivity index (χ2n) is 6.01. The Morgan fingerprint density at radius 1 is 1.18 bits per heavy atom. The van der Waals surface area contributed by atoms with Crippen molar-refractivity contribution in [1.29, 1.82) is 0 Å². The number of aliphatic carboxylic acids is 1. The second-order valence-corrected chi connectivity index (χ2v) is 7.01. The van der Waals surface area contributed by atoms with Crippen LogP contribution in [-0.4, -0.2) is 77.4 Å². The van der Waals surface area contributed by atoms with E-state index in [0.29, 0.717) is 37.6 Å². The largest absolute Gasteiger partial charge is 0.482 e. The summed E-state index contributed by atoms with van der Waals surface area (Å²) in [5.41, 5.74) is 0.646. The Hall–Kier alpha value is -2.85. The fraction of sp³-hybridized carbons (Fsp3) is 0.333. The number of rotatable bonds is 6. The van der Waals surface area contributed by atoms with Gasteiger partial charge in [-0.2, -0.15) is 0 Å². The highest BCUT2D eigenvalue weighted by molar-refractivity contribution is 8.18. The van der Waals surface area contributed by atoms with E-state index in [4.69, 9.17) is 14.6 Å². The van der Waals surface area contributed by atoms with Gasteiger partial charge in [-0.3, -0.25) is 19.3 Å². The second kappa shape index (κ2) is 8.89. The van der Waals surface area contributed by atoms with E-state index in [1.54, 1.807) is 35.2 Å². The lowest BCUT2D eigenvalue weighted by Gasteiger charge is -2.28. The van der Waals surface area contributed by atoms with Crippen molar-refractivity contribution < 1.29 is 33.8 Å². The Balaban J connectivity index is 1.63. The molecule has 28 heavy (non-hydrogen) atoms. The molecular weight excluding hydrogens is 388 g/mol. The van der Waals surface area contributed by atoms with Gasteiger partial charge < -0.3 is 19.5 Å². The van der Waals surface area contributed by atoms with Gasteiger partial charge in [0.15, 0.2) is 6.61 Å². The van der Waals surface area contributed by atoms with Crippen molar-refractivity contribution in [3.8, 4) is 5.75 Å². The van der Waals surface area contributed by atoms with Gasteiger partial charge in [0.2, 0.25) is 5.91 Å². The Bertz CT molecular complexity index is 816. The van der Waals surface area contributed by atoms with Gasteiger partial charge in [-0.1, -0.05) is 12.1 Å². The number of morpholine rings is 1. The highest BCUT2D eigenvalue weighted by Crippen LogP contribution is 2.32. The maximum absolute atomic E-state index is 12.5. The summed E-state index contributed by atoms with van der Waals surface area (Å²) in [6, 6.07) is 6.43. The Morgan fingerprint density at radius 3 is 2.50 bits per heavy atom. The molecule has 1 aromatic rings. The van der Waals surface area contributed by atoms with Crippen LogP contribution in [0.15, 0.2) is 29.2 Å². The summed E-state index contributed by atoms with van der Waals surface area (Å²) >= 11 is 0.778. The lowest BCUT2D eigenvalue weighted by atomic mass is 10.2. The van der Waals surface area contributed by atoms with Crippen LogP contribution >= 0.6 is 11.8 Å². The zero-order chi connectivity index (χ0) is 20.1. The number of hydrogen-bond donors (Lipinski definition) is 1. The zero-order valence-corrected chi connectivity index (χ0v) is 15.6. The van der Waals surface area contributed by atoms with Crippen LogP contribution in [0, 0.1) is 0 Å². The van der Waals surface area contributed by atoms with E-state index >= 15 is 0 Å². The smallest absolute Gasteiger partial charge is 0.341 e. The van der Waals surface area contributed by atoms with Gasteiger partial charge in [-0.25, -0.2) is 4.79 Å². The van der Waals surface area contributed by atoms with Crippen LogP contribution in [0.4, 0.5) is 4.79 Å². The molecule has 148 valence electrons. The van der Waals surface area contributed by atoms with Gasteiger partial charge in [0.1, 0.15) is 12.3 Å². The summed E-state index contributed by atoms with van der Waals surface area (Å²) in [5, 5.41) is 8.11. The molecule has 0 bridgehead atoms. The summed E-state index contributed by atoms with van der Waals surface area (Å²) in [6.45, 7) is 1.04. The van der Waals surface area contributed by atoms with Crippen molar-refractivity contribution in [2.45, 2.75) is 0 Å². The number of ether oxygens (including phenoxy) is 2. The number of amides is 3. The minimum absolute atomic E-state index is 0.221. The van der Waals surface area contributed by atoms with Crippen LogP contribution in [0.1, 0.15) is 5.56 Å². The van der Waals surface area contributed by atoms with Gasteiger partial charge >= 0.3 is 5.97 Å². The summed E-state index contributed by atoms with van der Waals surface area (Å²) in [6.07, 6.45) is 1.55. The van der Waals surface area contributed by atoms with E-state index in [9.17, 15) is 19.2 Å². The number of benzene rings is 1. The third kappa shape index (κ3) is 4.90. The summed E-state index contributed by atoms with van der Waals surface area (Å²) in [7, 11) is 0. The normalized spacial score (nSPS) is 18.6. The van der Waals surface area contributed by atoms with Gasteiger partial charge in [0.25, 0.3) is 11.1 Å². The van der Waals surface area contributed by atoms with E-state index in [1.807, 2.05) is 0 Å². The number of thioether (sulfide) groups is 1. The third-order valence-electron chi connectivity index (χ3n) is 4.07. The zero-order valence-electron chi connectivity index (χ0n) is 14.8. The molecule has 0 atom stereocenters. The standard InChI is InChI=1S/C18H18N2O7S/c21-15(19-5-7-26-8-6-19)10-20-17(24)14(28-18(20)25)9-12-1-3-13(4-2-12)27-11-16(22)23/h1-4,9H,5-8,10-11H2,(H,22,23)/b14-9-. The molecule has 0 unspecified atom stereocenters. The molecule has 9 nitrogen and oxygen atoms in total. The van der Waals surface area contributed by atoms with Crippen LogP contribution in [0.25, 0.3) is 6.08 Å². The van der Waals surface area contributed by atoms with Crippen LogP contribution in [0.2, 0.25) is 0 Å². The number of carbonyl (C=O) groups is 4. The molecule has 2 aliphatic heterocycles. The lowest BCUT2D eigenvalue weighted by molar-refractivity contribution is -0.139. The van der Waals surface area contributed by atoms with Crippen LogP contribution in [-0.2, 0) is 19.1 Å². The van der Waals surface area contributed by atoms with Crippen molar-refractivity contribution in [3.63, 3.8) is 0 Å². The summed E-state index contributed by atoms with van der Waals surface area (Å²) < 4.78 is 10.2. The Labute approximate surface area is 164 Å². The molecule has 2 fully saturated rings. The molecule has 3 amide bonds. The minimum atomic E-state index is -1.08. The lowest BCUT2D eigenvalue weighted by Crippen LogP contribution is -2.46. The fourth-order valence-corrected chi connectivity index (χ4v) is 3.48. The average Bonchev–Trinajstić information content (AvgIpc) is 2.95. The van der Waals surface area contributed by atoms with Gasteiger partial charge in [0, 0.05) is 13.1 Å². The highest BCUT2D eigenvalue weighted by atomic mass is 32.2. The van der Waals surface area contributed by atoms with Gasteiger partial charge in [0.05, 0.1) is 18.1 Å². The molecule has 10 heteroatoms. The molecule has 0 radical (unpaired) electrons. The quantitative estimate of drug-likeness (QED) is 0.698. The van der Waals surface area contributed by atoms with Crippen molar-refractivity contribution in [1.82, 2.24) is 9.80 Å². The Kier molecular flexibility index (Phi) is 6.32. The maximum atomic E-state index is 12.5. The number of carboxylic acid groups (broad SMARTS) is 1. The SMILES string of the molecule is O=C(O)COc1ccc(/C=C2\SC(=O)N(CC(=O)N3CCOCC3)C2=O)cc1. The molecule has 2 aliphatic rings. The number of hydrogen-bond acceptors (Lipinski definition) is 7. The molecule has 0 aliphatic carbocycles. The van der Waals surface area contributed by atoms with Crippen LogP contribution in [0.3, 0.4) is 0 Å². The molecule has 1 N–H and O–H groups in total. The molecular formula is C18H18N2O7S. The van der Waals surface area contributed by atoms with Crippen LogP contribution in [0.5, 0.6) is 5.75 Å².